The predicted molar refractivity (Wildman–Crippen MR) is 69.6 cm³/mol. The number of ether oxygens (including phenoxy) is 1. The van der Waals surface area contributed by atoms with E-state index in [1.807, 2.05) is 32.0 Å². The Kier molecular flexibility index (Phi) is 3.41. The summed E-state index contributed by atoms with van der Waals surface area (Å²) in [6.45, 7) is 5.79. The van der Waals surface area contributed by atoms with Gasteiger partial charge in [0, 0.05) is 0 Å². The number of anilines is 1. The van der Waals surface area contributed by atoms with Crippen molar-refractivity contribution in [2.45, 2.75) is 27.2 Å². The fraction of sp³-hybridized carbons (Fsp3) is 0.308. The molecule has 2 rings (SSSR count). The highest BCUT2D eigenvalue weighted by atomic mass is 16.5. The van der Waals surface area contributed by atoms with E-state index in [2.05, 4.69) is 22.1 Å². The number of hydrogen-bond acceptors (Lipinski definition) is 5. The van der Waals surface area contributed by atoms with Gasteiger partial charge in [0.1, 0.15) is 0 Å². The van der Waals surface area contributed by atoms with E-state index in [-0.39, 0.29) is 6.01 Å². The molecule has 1 aromatic carbocycles. The molecular formula is C13H16N4O. The molecule has 0 saturated carbocycles. The number of benzene rings is 1. The Bertz CT molecular complexity index is 569. The molecule has 0 atom stereocenters. The number of nitrogens with zero attached hydrogens (tertiary/aromatic N) is 3. The highest BCUT2D eigenvalue weighted by molar-refractivity contribution is 5.55. The van der Waals surface area contributed by atoms with E-state index in [1.165, 1.54) is 5.56 Å². The molecule has 0 aliphatic carbocycles. The van der Waals surface area contributed by atoms with E-state index >= 15 is 0 Å². The minimum absolute atomic E-state index is 0.217. The molecule has 0 saturated heterocycles. The summed E-state index contributed by atoms with van der Waals surface area (Å²) in [6.07, 6.45) is 0.937. The summed E-state index contributed by atoms with van der Waals surface area (Å²) in [5, 5.41) is 7.84. The van der Waals surface area contributed by atoms with Crippen molar-refractivity contribution >= 4 is 5.69 Å². The van der Waals surface area contributed by atoms with Gasteiger partial charge in [0.25, 0.3) is 0 Å². The van der Waals surface area contributed by atoms with Crippen molar-refractivity contribution in [3.05, 3.63) is 35.2 Å². The van der Waals surface area contributed by atoms with Gasteiger partial charge in [-0.2, -0.15) is 4.98 Å². The van der Waals surface area contributed by atoms with E-state index in [9.17, 15) is 0 Å². The van der Waals surface area contributed by atoms with Gasteiger partial charge in [-0.15, -0.1) is 5.10 Å². The molecule has 1 aromatic heterocycles. The Labute approximate surface area is 106 Å². The summed E-state index contributed by atoms with van der Waals surface area (Å²) >= 11 is 0. The van der Waals surface area contributed by atoms with Gasteiger partial charge in [-0.25, -0.2) is 0 Å². The van der Waals surface area contributed by atoms with Crippen LogP contribution in [0.2, 0.25) is 0 Å². The maximum Gasteiger partial charge on any atom is 0.341 e. The maximum absolute atomic E-state index is 5.91. The van der Waals surface area contributed by atoms with Gasteiger partial charge < -0.3 is 10.5 Å². The lowest BCUT2D eigenvalue weighted by molar-refractivity contribution is 0.432. The zero-order chi connectivity index (χ0) is 13.1. The first-order valence-corrected chi connectivity index (χ1v) is 5.84. The van der Waals surface area contributed by atoms with Crippen molar-refractivity contribution in [1.29, 1.82) is 0 Å². The van der Waals surface area contributed by atoms with Crippen LogP contribution in [0.4, 0.5) is 5.69 Å². The van der Waals surface area contributed by atoms with Crippen molar-refractivity contribution < 1.29 is 4.74 Å². The lowest BCUT2D eigenvalue weighted by Crippen LogP contribution is -2.01. The molecule has 5 heteroatoms. The van der Waals surface area contributed by atoms with Gasteiger partial charge in [-0.1, -0.05) is 18.1 Å². The molecule has 2 N–H and O–H groups in total. The second kappa shape index (κ2) is 5.00. The monoisotopic (exact) mass is 244 g/mol. The Morgan fingerprint density at radius 1 is 1.17 bits per heavy atom. The molecule has 2 aromatic rings. The summed E-state index contributed by atoms with van der Waals surface area (Å²) in [5.41, 5.74) is 9.24. The fourth-order valence-electron chi connectivity index (χ4n) is 1.49. The largest absolute Gasteiger partial charge is 0.421 e. The molecule has 0 radical (unpaired) electrons. The summed E-state index contributed by atoms with van der Waals surface area (Å²) < 4.78 is 5.53. The Balaban J connectivity index is 2.25. The van der Waals surface area contributed by atoms with E-state index in [4.69, 9.17) is 10.5 Å². The highest BCUT2D eigenvalue weighted by Crippen LogP contribution is 2.26. The number of nitrogen functional groups attached to an aromatic ring is 1. The lowest BCUT2D eigenvalue weighted by atomic mass is 10.1. The topological polar surface area (TPSA) is 73.9 Å². The summed E-state index contributed by atoms with van der Waals surface area (Å²) in [4.78, 5) is 4.20. The summed E-state index contributed by atoms with van der Waals surface area (Å²) in [7, 11) is 0. The van der Waals surface area contributed by atoms with Crippen LogP contribution in [0.1, 0.15) is 23.9 Å². The minimum atomic E-state index is 0.217. The second-order valence-corrected chi connectivity index (χ2v) is 4.09. The lowest BCUT2D eigenvalue weighted by Gasteiger charge is -2.08. The highest BCUT2D eigenvalue weighted by Gasteiger charge is 2.07. The molecule has 5 nitrogen and oxygen atoms in total. The fourth-order valence-corrected chi connectivity index (χ4v) is 1.49. The first-order chi connectivity index (χ1) is 8.60. The molecule has 1 heterocycles. The van der Waals surface area contributed by atoms with Crippen LogP contribution in [0.5, 0.6) is 11.8 Å². The third-order valence-electron chi connectivity index (χ3n) is 2.76. The van der Waals surface area contributed by atoms with Gasteiger partial charge in [0.05, 0.1) is 17.1 Å². The van der Waals surface area contributed by atoms with Crippen LogP contribution in [-0.2, 0) is 6.42 Å². The van der Waals surface area contributed by atoms with Crippen molar-refractivity contribution in [2.75, 3.05) is 5.73 Å². The second-order valence-electron chi connectivity index (χ2n) is 4.09. The third kappa shape index (κ3) is 2.56. The normalized spacial score (nSPS) is 10.4. The molecule has 0 fully saturated rings. The number of aryl methyl sites for hydroxylation is 3. The van der Waals surface area contributed by atoms with Gasteiger partial charge in [-0.05, 0) is 38.0 Å². The van der Waals surface area contributed by atoms with Crippen molar-refractivity contribution in [1.82, 2.24) is 15.2 Å². The zero-order valence-corrected chi connectivity index (χ0v) is 10.8. The van der Waals surface area contributed by atoms with Gasteiger partial charge in [-0.3, -0.25) is 0 Å². The molecule has 0 bridgehead atoms. The zero-order valence-electron chi connectivity index (χ0n) is 10.8. The molecule has 0 spiro atoms. The molecule has 0 aliphatic heterocycles. The first-order valence-electron chi connectivity index (χ1n) is 5.84. The quantitative estimate of drug-likeness (QED) is 0.839. The standard InChI is InChI=1S/C13H16N4O/c1-4-10-5-6-12(11(14)7-10)18-13-15-8(2)9(3)16-17-13/h5-7H,4,14H2,1-3H3. The van der Waals surface area contributed by atoms with E-state index in [0.717, 1.165) is 17.8 Å². The average molecular weight is 244 g/mol. The van der Waals surface area contributed by atoms with E-state index in [0.29, 0.717) is 11.4 Å². The number of nitrogens with two attached hydrogens (primary N) is 1. The van der Waals surface area contributed by atoms with Crippen LogP contribution in [0.15, 0.2) is 18.2 Å². The molecule has 0 aliphatic rings. The first kappa shape index (κ1) is 12.3. The SMILES string of the molecule is CCc1ccc(Oc2nnc(C)c(C)n2)c(N)c1. The van der Waals surface area contributed by atoms with Crippen molar-refractivity contribution in [2.24, 2.45) is 0 Å². The molecule has 94 valence electrons. The van der Waals surface area contributed by atoms with Gasteiger partial charge >= 0.3 is 6.01 Å². The molecular weight excluding hydrogens is 228 g/mol. The molecule has 0 amide bonds. The Morgan fingerprint density at radius 2 is 1.94 bits per heavy atom. The van der Waals surface area contributed by atoms with Crippen LogP contribution in [0.3, 0.4) is 0 Å². The average Bonchev–Trinajstić information content (AvgIpc) is 2.36. The van der Waals surface area contributed by atoms with Crippen LogP contribution in [-0.4, -0.2) is 15.2 Å². The van der Waals surface area contributed by atoms with E-state index < -0.39 is 0 Å². The van der Waals surface area contributed by atoms with E-state index in [1.54, 1.807) is 0 Å². The van der Waals surface area contributed by atoms with Crippen molar-refractivity contribution in [3.63, 3.8) is 0 Å². The third-order valence-corrected chi connectivity index (χ3v) is 2.76. The molecule has 0 unspecified atom stereocenters. The Morgan fingerprint density at radius 3 is 2.56 bits per heavy atom. The van der Waals surface area contributed by atoms with Crippen LogP contribution >= 0.6 is 0 Å². The van der Waals surface area contributed by atoms with Crippen LogP contribution in [0, 0.1) is 13.8 Å². The van der Waals surface area contributed by atoms with Crippen LogP contribution < -0.4 is 10.5 Å². The number of hydrogen-bond donors (Lipinski definition) is 1. The Hall–Kier alpha value is -2.17. The van der Waals surface area contributed by atoms with Crippen LogP contribution in [0.25, 0.3) is 0 Å². The summed E-state index contributed by atoms with van der Waals surface area (Å²) in [6, 6.07) is 5.91. The smallest absolute Gasteiger partial charge is 0.341 e. The van der Waals surface area contributed by atoms with Crippen molar-refractivity contribution in [3.8, 4) is 11.8 Å². The minimum Gasteiger partial charge on any atom is -0.421 e. The molecule has 18 heavy (non-hydrogen) atoms. The van der Waals surface area contributed by atoms with Gasteiger partial charge in [0.15, 0.2) is 5.75 Å². The summed E-state index contributed by atoms with van der Waals surface area (Å²) in [5.74, 6) is 0.553. The van der Waals surface area contributed by atoms with Gasteiger partial charge in [0.2, 0.25) is 0 Å². The number of aromatic nitrogens is 3. The predicted octanol–water partition coefficient (Wildman–Crippen LogP) is 2.43. The number of rotatable bonds is 3. The maximum atomic E-state index is 5.91.